The molecule has 26 heavy (non-hydrogen) atoms. The maximum Gasteiger partial charge on any atom is 0.257 e. The van der Waals surface area contributed by atoms with Crippen LogP contribution in [0.5, 0.6) is 5.75 Å². The summed E-state index contributed by atoms with van der Waals surface area (Å²) < 4.78 is 30.8. The molecule has 0 N–H and O–H groups in total. The Kier molecular flexibility index (Phi) is 5.53. The van der Waals surface area contributed by atoms with E-state index in [2.05, 4.69) is 0 Å². The van der Waals surface area contributed by atoms with Crippen molar-refractivity contribution in [2.75, 3.05) is 26.0 Å². The average molecular weight is 394 g/mol. The number of rotatable bonds is 3. The van der Waals surface area contributed by atoms with E-state index in [9.17, 15) is 13.2 Å². The molecule has 1 unspecified atom stereocenters. The minimum absolute atomic E-state index is 0.0935. The fourth-order valence-electron chi connectivity index (χ4n) is 3.22. The summed E-state index contributed by atoms with van der Waals surface area (Å²) in [5.41, 5.74) is 1.03. The fourth-order valence-corrected chi connectivity index (χ4v) is 5.37. The van der Waals surface area contributed by atoms with Crippen LogP contribution in [0.2, 0.25) is 5.02 Å². The molecule has 0 aliphatic carbocycles. The van der Waals surface area contributed by atoms with E-state index < -0.39 is 15.1 Å². The molecule has 2 aromatic carbocycles. The fraction of sp³-hybridized carbons (Fsp3) is 0.316. The highest BCUT2D eigenvalue weighted by Crippen LogP contribution is 2.34. The molecular weight excluding hydrogens is 374 g/mol. The summed E-state index contributed by atoms with van der Waals surface area (Å²) in [5, 5.41) is -0.266. The van der Waals surface area contributed by atoms with Crippen LogP contribution in [0.3, 0.4) is 0 Å². The molecule has 2 aromatic rings. The first-order valence-corrected chi connectivity index (χ1v) is 10.4. The summed E-state index contributed by atoms with van der Waals surface area (Å²) in [6.07, 6.45) is 0.312. The first kappa shape index (κ1) is 18.7. The number of benzene rings is 2. The van der Waals surface area contributed by atoms with Crippen molar-refractivity contribution in [3.63, 3.8) is 0 Å². The van der Waals surface area contributed by atoms with Crippen molar-refractivity contribution in [2.24, 2.45) is 0 Å². The smallest absolute Gasteiger partial charge is 0.257 e. The number of halogens is 1. The third kappa shape index (κ3) is 3.71. The lowest BCUT2D eigenvalue weighted by molar-refractivity contribution is 0.0763. The number of hydrogen-bond acceptors (Lipinski definition) is 4. The van der Waals surface area contributed by atoms with Gasteiger partial charge in [0.05, 0.1) is 23.7 Å². The first-order valence-electron chi connectivity index (χ1n) is 8.32. The second-order valence-electron chi connectivity index (χ2n) is 6.16. The zero-order chi connectivity index (χ0) is 18.7. The number of para-hydroxylation sites is 1. The van der Waals surface area contributed by atoms with Gasteiger partial charge in [-0.05, 0) is 30.2 Å². The molecule has 0 bridgehead atoms. The Hall–Kier alpha value is -2.05. The molecule has 0 aromatic heterocycles. The van der Waals surface area contributed by atoms with E-state index in [0.29, 0.717) is 34.9 Å². The molecule has 1 saturated heterocycles. The summed E-state index contributed by atoms with van der Waals surface area (Å²) in [6, 6.07) is 13.9. The normalized spacial score (nSPS) is 19.6. The number of amides is 1. The lowest BCUT2D eigenvalue weighted by Crippen LogP contribution is -2.33. The molecule has 1 aliphatic heterocycles. The number of carbonyl (C=O) groups is 1. The zero-order valence-electron chi connectivity index (χ0n) is 14.4. The molecule has 1 heterocycles. The quantitative estimate of drug-likeness (QED) is 0.802. The van der Waals surface area contributed by atoms with E-state index in [-0.39, 0.29) is 18.2 Å². The predicted octanol–water partition coefficient (Wildman–Crippen LogP) is 3.35. The minimum atomic E-state index is -3.41. The maximum absolute atomic E-state index is 12.9. The maximum atomic E-state index is 12.9. The Bertz CT molecular complexity index is 913. The van der Waals surface area contributed by atoms with Crippen LogP contribution in [-0.2, 0) is 9.84 Å². The number of nitrogens with zero attached hydrogens (tertiary/aromatic N) is 1. The van der Waals surface area contributed by atoms with Gasteiger partial charge in [-0.25, -0.2) is 8.42 Å². The Balaban J connectivity index is 1.87. The van der Waals surface area contributed by atoms with Crippen LogP contribution >= 0.6 is 11.6 Å². The van der Waals surface area contributed by atoms with Crippen LogP contribution in [0.25, 0.3) is 0 Å². The second kappa shape index (κ2) is 7.68. The van der Waals surface area contributed by atoms with Gasteiger partial charge in [0.1, 0.15) is 5.75 Å². The molecule has 1 aliphatic rings. The molecule has 3 rings (SSSR count). The van der Waals surface area contributed by atoms with Gasteiger partial charge in [0, 0.05) is 18.1 Å². The van der Waals surface area contributed by atoms with Gasteiger partial charge in [-0.3, -0.25) is 4.79 Å². The van der Waals surface area contributed by atoms with Crippen LogP contribution in [0.15, 0.2) is 48.5 Å². The SMILES string of the molecule is COc1ccccc1C(=O)N1CCC(c2ccccc2Cl)S(=O)(=O)CC1. The third-order valence-corrected chi connectivity index (χ3v) is 7.07. The van der Waals surface area contributed by atoms with Gasteiger partial charge in [-0.2, -0.15) is 0 Å². The number of ether oxygens (including phenoxy) is 1. The van der Waals surface area contributed by atoms with Crippen LogP contribution in [0.4, 0.5) is 0 Å². The van der Waals surface area contributed by atoms with Gasteiger partial charge in [0.2, 0.25) is 0 Å². The number of carbonyl (C=O) groups excluding carboxylic acids is 1. The number of hydrogen-bond donors (Lipinski definition) is 0. The van der Waals surface area contributed by atoms with Crippen molar-refractivity contribution in [1.29, 1.82) is 0 Å². The Morgan fingerprint density at radius 2 is 1.81 bits per heavy atom. The molecule has 1 amide bonds. The van der Waals surface area contributed by atoms with Gasteiger partial charge >= 0.3 is 0 Å². The topological polar surface area (TPSA) is 63.7 Å². The lowest BCUT2D eigenvalue weighted by atomic mass is 10.1. The van der Waals surface area contributed by atoms with Gasteiger partial charge < -0.3 is 9.64 Å². The van der Waals surface area contributed by atoms with E-state index in [4.69, 9.17) is 16.3 Å². The Morgan fingerprint density at radius 1 is 1.12 bits per heavy atom. The largest absolute Gasteiger partial charge is 0.496 e. The number of methoxy groups -OCH3 is 1. The van der Waals surface area contributed by atoms with Crippen molar-refractivity contribution in [2.45, 2.75) is 11.7 Å². The first-order chi connectivity index (χ1) is 12.4. The molecule has 0 spiro atoms. The second-order valence-corrected chi connectivity index (χ2v) is 8.87. The van der Waals surface area contributed by atoms with Gasteiger partial charge in [0.25, 0.3) is 5.91 Å². The highest BCUT2D eigenvalue weighted by atomic mass is 35.5. The van der Waals surface area contributed by atoms with Crippen molar-refractivity contribution in [3.05, 3.63) is 64.7 Å². The van der Waals surface area contributed by atoms with E-state index >= 15 is 0 Å². The lowest BCUT2D eigenvalue weighted by Gasteiger charge is -2.21. The molecule has 138 valence electrons. The molecule has 7 heteroatoms. The van der Waals surface area contributed by atoms with Crippen LogP contribution in [0, 0.1) is 0 Å². The highest BCUT2D eigenvalue weighted by Gasteiger charge is 2.34. The van der Waals surface area contributed by atoms with Crippen LogP contribution in [0.1, 0.15) is 27.6 Å². The molecule has 1 fully saturated rings. The Labute approximate surface area is 158 Å². The van der Waals surface area contributed by atoms with E-state index in [0.717, 1.165) is 0 Å². The van der Waals surface area contributed by atoms with Crippen molar-refractivity contribution < 1.29 is 17.9 Å². The summed E-state index contributed by atoms with van der Waals surface area (Å²) in [7, 11) is -1.90. The van der Waals surface area contributed by atoms with Gasteiger partial charge in [0.15, 0.2) is 9.84 Å². The van der Waals surface area contributed by atoms with Crippen LogP contribution < -0.4 is 4.74 Å². The monoisotopic (exact) mass is 393 g/mol. The standard InChI is InChI=1S/C19H20ClNO4S/c1-25-17-9-5-3-7-15(17)19(22)21-11-10-18(26(23,24)13-12-21)14-6-2-4-8-16(14)20/h2-9,18H,10-13H2,1H3. The van der Waals surface area contributed by atoms with E-state index in [1.807, 2.05) is 0 Å². The number of sulfone groups is 1. The molecule has 0 saturated carbocycles. The minimum Gasteiger partial charge on any atom is -0.496 e. The summed E-state index contributed by atoms with van der Waals surface area (Å²) in [6.45, 7) is 0.492. The molecule has 1 atom stereocenters. The molecular formula is C19H20ClNO4S. The van der Waals surface area contributed by atoms with Gasteiger partial charge in [-0.1, -0.05) is 41.9 Å². The van der Waals surface area contributed by atoms with E-state index in [1.54, 1.807) is 53.4 Å². The zero-order valence-corrected chi connectivity index (χ0v) is 16.0. The molecule has 0 radical (unpaired) electrons. The average Bonchev–Trinajstić information content (AvgIpc) is 2.80. The van der Waals surface area contributed by atoms with Crippen LogP contribution in [-0.4, -0.2) is 45.2 Å². The van der Waals surface area contributed by atoms with Gasteiger partial charge in [-0.15, -0.1) is 0 Å². The predicted molar refractivity (Wildman–Crippen MR) is 101 cm³/mol. The van der Waals surface area contributed by atoms with Crippen molar-refractivity contribution in [3.8, 4) is 5.75 Å². The van der Waals surface area contributed by atoms with Crippen molar-refractivity contribution in [1.82, 2.24) is 4.90 Å². The highest BCUT2D eigenvalue weighted by molar-refractivity contribution is 7.91. The van der Waals surface area contributed by atoms with E-state index in [1.165, 1.54) is 7.11 Å². The summed E-state index contributed by atoms with van der Waals surface area (Å²) in [4.78, 5) is 14.5. The summed E-state index contributed by atoms with van der Waals surface area (Å²) >= 11 is 6.21. The summed E-state index contributed by atoms with van der Waals surface area (Å²) in [5.74, 6) is 0.161. The Morgan fingerprint density at radius 3 is 2.54 bits per heavy atom. The molecule has 5 nitrogen and oxygen atoms in total. The van der Waals surface area contributed by atoms with Crippen molar-refractivity contribution >= 4 is 27.3 Å². The third-order valence-electron chi connectivity index (χ3n) is 4.62.